The zero-order chi connectivity index (χ0) is 36.0. The number of hydrogen-bond donors (Lipinski definition) is 2. The predicted molar refractivity (Wildman–Crippen MR) is 187 cm³/mol. The van der Waals surface area contributed by atoms with Gasteiger partial charge in [-0.25, -0.2) is 0 Å². The van der Waals surface area contributed by atoms with E-state index in [0.29, 0.717) is 31.4 Å². The lowest BCUT2D eigenvalue weighted by Crippen LogP contribution is -2.61. The van der Waals surface area contributed by atoms with Crippen molar-refractivity contribution in [2.75, 3.05) is 26.9 Å². The Morgan fingerprint density at radius 3 is 2.46 bits per heavy atom. The van der Waals surface area contributed by atoms with Crippen LogP contribution in [0.25, 0.3) is 0 Å². The van der Waals surface area contributed by atoms with Gasteiger partial charge in [-0.05, 0) is 43.6 Å². The van der Waals surface area contributed by atoms with Gasteiger partial charge in [0.1, 0.15) is 17.7 Å². The quantitative estimate of drug-likeness (QED) is 0.184. The van der Waals surface area contributed by atoms with Crippen molar-refractivity contribution < 1.29 is 38.5 Å². The molecule has 1 saturated carbocycles. The van der Waals surface area contributed by atoms with Crippen LogP contribution in [-0.2, 0) is 33.4 Å². The molecule has 0 unspecified atom stereocenters. The summed E-state index contributed by atoms with van der Waals surface area (Å²) in [7, 11) is 1.51. The molecule has 274 valence electrons. The molecule has 0 radical (unpaired) electrons. The van der Waals surface area contributed by atoms with Crippen LogP contribution >= 0.6 is 0 Å². The fourth-order valence-electron chi connectivity index (χ4n) is 8.85. The van der Waals surface area contributed by atoms with Gasteiger partial charge in [0.25, 0.3) is 0 Å². The van der Waals surface area contributed by atoms with E-state index in [1.54, 1.807) is 17.1 Å². The number of methoxy groups -OCH3 is 1. The van der Waals surface area contributed by atoms with Crippen LogP contribution in [0.5, 0.6) is 0 Å². The number of benzene rings is 1. The summed E-state index contributed by atoms with van der Waals surface area (Å²) < 4.78 is 18.5. The number of carbonyl (C=O) groups is 4. The zero-order valence-electron chi connectivity index (χ0n) is 29.8. The van der Waals surface area contributed by atoms with Crippen molar-refractivity contribution in [2.45, 2.75) is 114 Å². The molecule has 2 bridgehead atoms. The molecule has 3 saturated heterocycles. The van der Waals surface area contributed by atoms with Gasteiger partial charge in [-0.15, -0.1) is 13.2 Å². The Hall–Kier alpha value is -3.54. The number of amides is 3. The number of aliphatic hydroxyl groups is 1. The molecule has 50 heavy (non-hydrogen) atoms. The standard InChI is InChI=1S/C39H55N3O8/c1-6-8-19-31(44)40-28(24-48-5)34(26-15-11-9-12-16-26)49-38(47)32-30-20-21-39(50-30)33(32)36(45)42(29(23-43)25(3)4)35(39)37(46)41(22-7-2)27-17-13-10-14-18-27/h6-7,9,11-12,15-16,25,27-30,32-35,43H,1-2,8,10,13-14,17-24H2,3-5H3,(H,40,44)/t28-,29-,30-,32+,33+,34-,35-,39+/m0/s1. The van der Waals surface area contributed by atoms with Crippen molar-refractivity contribution in [1.82, 2.24) is 15.1 Å². The molecule has 11 nitrogen and oxygen atoms in total. The summed E-state index contributed by atoms with van der Waals surface area (Å²) in [6.45, 7) is 11.5. The highest BCUT2D eigenvalue weighted by atomic mass is 16.6. The molecule has 4 fully saturated rings. The minimum Gasteiger partial charge on any atom is -0.455 e. The van der Waals surface area contributed by atoms with E-state index in [2.05, 4.69) is 18.5 Å². The van der Waals surface area contributed by atoms with Gasteiger partial charge in [-0.2, -0.15) is 0 Å². The number of rotatable bonds is 17. The van der Waals surface area contributed by atoms with Gasteiger partial charge < -0.3 is 34.4 Å². The third kappa shape index (κ3) is 7.27. The van der Waals surface area contributed by atoms with E-state index in [4.69, 9.17) is 14.2 Å². The number of esters is 1. The summed E-state index contributed by atoms with van der Waals surface area (Å²) in [5.74, 6) is -3.56. The van der Waals surface area contributed by atoms with Crippen LogP contribution < -0.4 is 5.32 Å². The number of nitrogens with one attached hydrogen (secondary N) is 1. The average Bonchev–Trinajstić information content (AvgIpc) is 3.76. The molecule has 0 aromatic heterocycles. The first-order chi connectivity index (χ1) is 24.1. The largest absolute Gasteiger partial charge is 0.455 e. The Balaban J connectivity index is 1.51. The van der Waals surface area contributed by atoms with Gasteiger partial charge in [0, 0.05) is 26.1 Å². The third-order valence-electron chi connectivity index (χ3n) is 11.2. The molecule has 8 atom stereocenters. The number of likely N-dealkylation sites (tertiary alicyclic amines) is 1. The van der Waals surface area contributed by atoms with Crippen LogP contribution in [0.2, 0.25) is 0 Å². The lowest BCUT2D eigenvalue weighted by molar-refractivity contribution is -0.164. The Morgan fingerprint density at radius 1 is 1.12 bits per heavy atom. The van der Waals surface area contributed by atoms with E-state index in [0.717, 1.165) is 32.1 Å². The number of nitrogens with zero attached hydrogens (tertiary/aromatic N) is 2. The van der Waals surface area contributed by atoms with Crippen molar-refractivity contribution in [3.8, 4) is 0 Å². The summed E-state index contributed by atoms with van der Waals surface area (Å²) in [5, 5.41) is 13.6. The Kier molecular flexibility index (Phi) is 12.6. The number of allylic oxidation sites excluding steroid dienone is 1. The summed E-state index contributed by atoms with van der Waals surface area (Å²) in [5.41, 5.74) is -0.586. The average molecular weight is 694 g/mol. The van der Waals surface area contributed by atoms with Gasteiger partial charge in [0.2, 0.25) is 17.7 Å². The van der Waals surface area contributed by atoms with Crippen molar-refractivity contribution in [3.05, 3.63) is 61.2 Å². The van der Waals surface area contributed by atoms with Gasteiger partial charge in [0.15, 0.2) is 0 Å². The highest BCUT2D eigenvalue weighted by molar-refractivity contribution is 5.98. The lowest BCUT2D eigenvalue weighted by atomic mass is 9.70. The summed E-state index contributed by atoms with van der Waals surface area (Å²) in [4.78, 5) is 60.4. The maximum atomic E-state index is 14.9. The fraction of sp³-hybridized carbons (Fsp3) is 0.641. The molecule has 1 spiro atoms. The maximum Gasteiger partial charge on any atom is 0.313 e. The predicted octanol–water partition coefficient (Wildman–Crippen LogP) is 4.11. The molecule has 1 aliphatic carbocycles. The maximum absolute atomic E-state index is 14.9. The van der Waals surface area contributed by atoms with Crippen LogP contribution in [0, 0.1) is 17.8 Å². The SMILES string of the molecule is C=CCCC(=O)N[C@@H](COC)[C@@H](OC(=O)[C@@H]1[C@@H]2CC[C@]3(O2)[C@H](C(=O)N(CC=C)C2CCCCC2)N([C@@H](CO)C(C)C)C(=O)[C@@H]13)c1ccccc1. The van der Waals surface area contributed by atoms with E-state index < -0.39 is 53.7 Å². The highest BCUT2D eigenvalue weighted by Gasteiger charge is 2.76. The summed E-state index contributed by atoms with van der Waals surface area (Å²) in [6.07, 6.45) is 8.35. The number of hydrogen-bond acceptors (Lipinski definition) is 8. The van der Waals surface area contributed by atoms with E-state index in [-0.39, 0.29) is 49.3 Å². The topological polar surface area (TPSA) is 135 Å². The highest BCUT2D eigenvalue weighted by Crippen LogP contribution is 2.59. The number of carbonyl (C=O) groups excluding carboxylic acids is 4. The monoisotopic (exact) mass is 693 g/mol. The number of fused-ring (bicyclic) bond motifs is 1. The molecular formula is C39H55N3O8. The number of aliphatic hydroxyl groups excluding tert-OH is 1. The molecule has 3 amide bonds. The molecule has 5 rings (SSSR count). The minimum atomic E-state index is -1.24. The van der Waals surface area contributed by atoms with Gasteiger partial charge in [-0.1, -0.05) is 75.6 Å². The van der Waals surface area contributed by atoms with Crippen molar-refractivity contribution >= 4 is 23.7 Å². The van der Waals surface area contributed by atoms with Crippen LogP contribution in [-0.4, -0.2) is 101 Å². The van der Waals surface area contributed by atoms with E-state index in [1.165, 1.54) is 7.11 Å². The van der Waals surface area contributed by atoms with Crippen molar-refractivity contribution in [2.24, 2.45) is 17.8 Å². The minimum absolute atomic E-state index is 0.0127. The van der Waals surface area contributed by atoms with Crippen molar-refractivity contribution in [3.63, 3.8) is 0 Å². The first-order valence-electron chi connectivity index (χ1n) is 18.3. The second-order valence-corrected chi connectivity index (χ2v) is 14.6. The third-order valence-corrected chi connectivity index (χ3v) is 11.2. The van der Waals surface area contributed by atoms with E-state index >= 15 is 0 Å². The smallest absolute Gasteiger partial charge is 0.313 e. The Bertz CT molecular complexity index is 1380. The second kappa shape index (κ2) is 16.7. The Labute approximate surface area is 296 Å². The van der Waals surface area contributed by atoms with Crippen LogP contribution in [0.3, 0.4) is 0 Å². The zero-order valence-corrected chi connectivity index (χ0v) is 29.8. The molecule has 2 N–H and O–H groups in total. The molecular weight excluding hydrogens is 638 g/mol. The fourth-order valence-corrected chi connectivity index (χ4v) is 8.85. The summed E-state index contributed by atoms with van der Waals surface area (Å²) in [6, 6.07) is 6.78. The lowest BCUT2D eigenvalue weighted by Gasteiger charge is -2.43. The van der Waals surface area contributed by atoms with Gasteiger partial charge in [-0.3, -0.25) is 19.2 Å². The Morgan fingerprint density at radius 2 is 1.84 bits per heavy atom. The van der Waals surface area contributed by atoms with Crippen LogP contribution in [0.15, 0.2) is 55.6 Å². The summed E-state index contributed by atoms with van der Waals surface area (Å²) >= 11 is 0. The molecule has 1 aromatic rings. The molecule has 3 aliphatic heterocycles. The first kappa shape index (κ1) is 37.7. The molecule has 4 aliphatic rings. The van der Waals surface area contributed by atoms with Gasteiger partial charge in [0.05, 0.1) is 43.2 Å². The molecule has 3 heterocycles. The van der Waals surface area contributed by atoms with E-state index in [9.17, 15) is 24.3 Å². The van der Waals surface area contributed by atoms with Crippen LogP contribution in [0.1, 0.15) is 83.3 Å². The number of ether oxygens (including phenoxy) is 3. The van der Waals surface area contributed by atoms with Crippen molar-refractivity contribution in [1.29, 1.82) is 0 Å². The van der Waals surface area contributed by atoms with E-state index in [1.807, 2.05) is 49.1 Å². The molecule has 1 aromatic carbocycles. The second-order valence-electron chi connectivity index (χ2n) is 14.6. The van der Waals surface area contributed by atoms with Gasteiger partial charge >= 0.3 is 5.97 Å². The molecule has 11 heteroatoms. The normalized spacial score (nSPS) is 27.8. The van der Waals surface area contributed by atoms with Crippen LogP contribution in [0.4, 0.5) is 0 Å². The first-order valence-corrected chi connectivity index (χ1v) is 18.3.